The zero-order chi connectivity index (χ0) is 17.6. The topological polar surface area (TPSA) is 54.0 Å². The van der Waals surface area contributed by atoms with E-state index in [-0.39, 0.29) is 5.91 Å². The van der Waals surface area contributed by atoms with Crippen molar-refractivity contribution in [2.45, 2.75) is 25.3 Å². The Labute approximate surface area is 150 Å². The van der Waals surface area contributed by atoms with Crippen molar-refractivity contribution < 1.29 is 14.3 Å². The first-order chi connectivity index (χ1) is 12.2. The largest absolute Gasteiger partial charge is 0.497 e. The molecule has 0 spiro atoms. The summed E-state index contributed by atoms with van der Waals surface area (Å²) in [6, 6.07) is 6.26. The Morgan fingerprint density at radius 3 is 2.72 bits per heavy atom. The molecule has 2 heterocycles. The molecule has 1 atom stereocenters. The quantitative estimate of drug-likeness (QED) is 0.848. The summed E-state index contributed by atoms with van der Waals surface area (Å²) < 4.78 is 10.9. The van der Waals surface area contributed by atoms with Crippen LogP contribution in [0, 0.1) is 0 Å². The summed E-state index contributed by atoms with van der Waals surface area (Å²) in [5.74, 6) is 2.01. The van der Waals surface area contributed by atoms with Gasteiger partial charge in [-0.3, -0.25) is 9.69 Å². The van der Waals surface area contributed by atoms with Gasteiger partial charge in [0.15, 0.2) is 0 Å². The molecule has 2 saturated heterocycles. The van der Waals surface area contributed by atoms with Crippen LogP contribution < -0.4 is 14.8 Å². The summed E-state index contributed by atoms with van der Waals surface area (Å²) in [5, 5.41) is 3.29. The first kappa shape index (κ1) is 18.0. The Hall–Kier alpha value is -1.79. The van der Waals surface area contributed by atoms with E-state index in [1.165, 1.54) is 0 Å². The van der Waals surface area contributed by atoms with Crippen LogP contribution >= 0.6 is 0 Å². The number of benzene rings is 1. The van der Waals surface area contributed by atoms with Crippen LogP contribution in [0.15, 0.2) is 18.2 Å². The van der Waals surface area contributed by atoms with Gasteiger partial charge in [-0.15, -0.1) is 0 Å². The molecule has 0 aromatic heterocycles. The third-order valence-electron chi connectivity index (χ3n) is 5.24. The van der Waals surface area contributed by atoms with Crippen molar-refractivity contribution in [3.05, 3.63) is 23.8 Å². The van der Waals surface area contributed by atoms with Crippen LogP contribution in [0.25, 0.3) is 0 Å². The highest BCUT2D eigenvalue weighted by Crippen LogP contribution is 2.38. The van der Waals surface area contributed by atoms with Gasteiger partial charge in [-0.1, -0.05) is 0 Å². The van der Waals surface area contributed by atoms with Crippen molar-refractivity contribution in [2.24, 2.45) is 0 Å². The van der Waals surface area contributed by atoms with E-state index in [0.717, 1.165) is 69.2 Å². The molecule has 138 valence electrons. The van der Waals surface area contributed by atoms with Gasteiger partial charge >= 0.3 is 0 Å². The van der Waals surface area contributed by atoms with Gasteiger partial charge in [0, 0.05) is 50.7 Å². The van der Waals surface area contributed by atoms with Crippen LogP contribution in [0.1, 0.15) is 30.9 Å². The summed E-state index contributed by atoms with van der Waals surface area (Å²) in [6.45, 7) is 5.28. The summed E-state index contributed by atoms with van der Waals surface area (Å²) in [6.07, 6.45) is 2.82. The number of piperazine rings is 1. The Morgan fingerprint density at radius 1 is 1.20 bits per heavy atom. The Morgan fingerprint density at radius 2 is 2.00 bits per heavy atom. The number of likely N-dealkylation sites (tertiary alicyclic amines) is 1. The number of methoxy groups -OCH3 is 2. The van der Waals surface area contributed by atoms with Crippen LogP contribution in [0.5, 0.6) is 11.5 Å². The van der Waals surface area contributed by atoms with Crippen molar-refractivity contribution in [3.63, 3.8) is 0 Å². The number of nitrogens with zero attached hydrogens (tertiary/aromatic N) is 2. The molecule has 1 aromatic carbocycles. The number of nitrogens with one attached hydrogen (secondary N) is 1. The van der Waals surface area contributed by atoms with Crippen LogP contribution in [0.2, 0.25) is 0 Å². The molecule has 3 rings (SSSR count). The monoisotopic (exact) mass is 347 g/mol. The third kappa shape index (κ3) is 4.25. The van der Waals surface area contributed by atoms with E-state index >= 15 is 0 Å². The number of carbonyl (C=O) groups is 1. The molecule has 0 saturated carbocycles. The van der Waals surface area contributed by atoms with Crippen LogP contribution in [0.4, 0.5) is 0 Å². The normalized spacial score (nSPS) is 21.4. The maximum absolute atomic E-state index is 12.4. The van der Waals surface area contributed by atoms with Gasteiger partial charge in [-0.05, 0) is 37.6 Å². The van der Waals surface area contributed by atoms with Crippen LogP contribution in [-0.2, 0) is 4.79 Å². The fourth-order valence-corrected chi connectivity index (χ4v) is 3.86. The molecule has 0 aliphatic carbocycles. The lowest BCUT2D eigenvalue weighted by molar-refractivity contribution is -0.132. The summed E-state index contributed by atoms with van der Waals surface area (Å²) in [7, 11) is 3.39. The predicted octanol–water partition coefficient (Wildman–Crippen LogP) is 1.66. The second-order valence-corrected chi connectivity index (χ2v) is 6.68. The van der Waals surface area contributed by atoms with Crippen molar-refractivity contribution in [3.8, 4) is 11.5 Å². The molecular formula is C19H29N3O3. The van der Waals surface area contributed by atoms with E-state index in [2.05, 4.69) is 16.3 Å². The van der Waals surface area contributed by atoms with E-state index in [0.29, 0.717) is 12.5 Å². The number of rotatable bonds is 6. The van der Waals surface area contributed by atoms with E-state index < -0.39 is 0 Å². The third-order valence-corrected chi connectivity index (χ3v) is 5.24. The van der Waals surface area contributed by atoms with E-state index in [9.17, 15) is 4.79 Å². The summed E-state index contributed by atoms with van der Waals surface area (Å²) >= 11 is 0. The molecule has 1 amide bonds. The minimum atomic E-state index is 0.268. The van der Waals surface area contributed by atoms with E-state index in [1.54, 1.807) is 14.2 Å². The zero-order valence-corrected chi connectivity index (χ0v) is 15.3. The van der Waals surface area contributed by atoms with Crippen LogP contribution in [0.3, 0.4) is 0 Å². The summed E-state index contributed by atoms with van der Waals surface area (Å²) in [4.78, 5) is 16.8. The molecule has 2 fully saturated rings. The smallest absolute Gasteiger partial charge is 0.223 e. The fraction of sp³-hybridized carbons (Fsp3) is 0.632. The van der Waals surface area contributed by atoms with Crippen LogP contribution in [-0.4, -0.2) is 69.2 Å². The molecule has 6 nitrogen and oxygen atoms in total. The van der Waals surface area contributed by atoms with Gasteiger partial charge in [0.2, 0.25) is 5.91 Å². The molecule has 25 heavy (non-hydrogen) atoms. The van der Waals surface area contributed by atoms with Gasteiger partial charge in [0.1, 0.15) is 11.5 Å². The molecule has 1 unspecified atom stereocenters. The lowest BCUT2D eigenvalue weighted by atomic mass is 10.0. The fourth-order valence-electron chi connectivity index (χ4n) is 3.86. The highest BCUT2D eigenvalue weighted by Gasteiger charge is 2.29. The molecule has 1 aromatic rings. The van der Waals surface area contributed by atoms with Gasteiger partial charge in [-0.25, -0.2) is 0 Å². The second kappa shape index (κ2) is 8.54. The Bertz CT molecular complexity index is 587. The van der Waals surface area contributed by atoms with Crippen molar-refractivity contribution >= 4 is 5.91 Å². The lowest BCUT2D eigenvalue weighted by Crippen LogP contribution is -2.47. The maximum atomic E-state index is 12.4. The van der Waals surface area contributed by atoms with Gasteiger partial charge < -0.3 is 19.7 Å². The molecule has 1 N–H and O–H groups in total. The minimum Gasteiger partial charge on any atom is -0.497 e. The first-order valence-corrected chi connectivity index (χ1v) is 9.17. The number of amides is 1. The molecule has 2 aliphatic rings. The highest BCUT2D eigenvalue weighted by molar-refractivity contribution is 5.76. The molecule has 0 bridgehead atoms. The first-order valence-electron chi connectivity index (χ1n) is 9.17. The average Bonchev–Trinajstić information content (AvgIpc) is 3.14. The lowest BCUT2D eigenvalue weighted by Gasteiger charge is -2.30. The van der Waals surface area contributed by atoms with E-state index in [4.69, 9.17) is 9.47 Å². The zero-order valence-electron chi connectivity index (χ0n) is 15.3. The standard InChI is InChI=1S/C19H29N3O3/c1-24-15-5-6-18(25-2)16(14-15)17-4-3-10-21(17)11-7-19(23)22-12-8-20-9-13-22/h5-6,14,17,20H,3-4,7-13H2,1-2H3. The number of carbonyl (C=O) groups excluding carboxylic acids is 1. The molecule has 0 radical (unpaired) electrons. The molecular weight excluding hydrogens is 318 g/mol. The Balaban J connectivity index is 1.65. The second-order valence-electron chi connectivity index (χ2n) is 6.68. The SMILES string of the molecule is COc1ccc(OC)c(C2CCCN2CCC(=O)N2CCNCC2)c1. The predicted molar refractivity (Wildman–Crippen MR) is 97.2 cm³/mol. The maximum Gasteiger partial charge on any atom is 0.223 e. The summed E-state index contributed by atoms with van der Waals surface area (Å²) in [5.41, 5.74) is 1.16. The molecule has 6 heteroatoms. The molecule has 2 aliphatic heterocycles. The van der Waals surface area contributed by atoms with Gasteiger partial charge in [-0.2, -0.15) is 0 Å². The van der Waals surface area contributed by atoms with Crippen molar-refractivity contribution in [1.29, 1.82) is 0 Å². The minimum absolute atomic E-state index is 0.268. The van der Waals surface area contributed by atoms with Crippen molar-refractivity contribution in [1.82, 2.24) is 15.1 Å². The highest BCUT2D eigenvalue weighted by atomic mass is 16.5. The number of hydrogen-bond acceptors (Lipinski definition) is 5. The van der Waals surface area contributed by atoms with Gasteiger partial charge in [0.25, 0.3) is 0 Å². The Kier molecular flexibility index (Phi) is 6.15. The van der Waals surface area contributed by atoms with E-state index in [1.807, 2.05) is 17.0 Å². The average molecular weight is 347 g/mol. The van der Waals surface area contributed by atoms with Gasteiger partial charge in [0.05, 0.1) is 14.2 Å². The van der Waals surface area contributed by atoms with Crippen molar-refractivity contribution in [2.75, 3.05) is 53.5 Å². The number of hydrogen-bond donors (Lipinski definition) is 1. The number of ether oxygens (including phenoxy) is 2.